The predicted molar refractivity (Wildman–Crippen MR) is 87.1 cm³/mol. The minimum absolute atomic E-state index is 0.0316. The van der Waals surface area contributed by atoms with Crippen molar-refractivity contribution in [3.63, 3.8) is 0 Å². The minimum Gasteiger partial charge on any atom is -0.496 e. The smallest absolute Gasteiger partial charge is 0.257 e. The Bertz CT molecular complexity index is 739. The number of nitrogens with zero attached hydrogens (tertiary/aromatic N) is 1. The zero-order chi connectivity index (χ0) is 17.9. The molecule has 0 atom stereocenters. The molecule has 132 valence electrons. The number of methoxy groups -OCH3 is 1. The molecule has 2 rings (SSSR count). The Morgan fingerprint density at radius 1 is 1.29 bits per heavy atom. The number of sulfonamides is 1. The summed E-state index contributed by atoms with van der Waals surface area (Å²) in [5.74, 6) is -0.207. The molecule has 1 aromatic carbocycles. The Hall–Kier alpha value is -2.13. The second-order valence-electron chi connectivity index (χ2n) is 5.59. The molecule has 1 fully saturated rings. The summed E-state index contributed by atoms with van der Waals surface area (Å²) < 4.78 is 28.2. The van der Waals surface area contributed by atoms with Crippen LogP contribution in [0.15, 0.2) is 23.1 Å². The molecule has 0 spiro atoms. The number of piperidine rings is 1. The number of carbonyl (C=O) groups excluding carboxylic acids is 2. The van der Waals surface area contributed by atoms with Gasteiger partial charge in [-0.25, -0.2) is 13.6 Å². The number of nitrogens with two attached hydrogens (primary N) is 1. The summed E-state index contributed by atoms with van der Waals surface area (Å²) in [5, 5.41) is 7.73. The van der Waals surface area contributed by atoms with E-state index in [1.54, 1.807) is 11.9 Å². The topological polar surface area (TPSA) is 119 Å². The molecule has 0 radical (unpaired) electrons. The maximum absolute atomic E-state index is 12.7. The van der Waals surface area contributed by atoms with E-state index in [1.807, 2.05) is 0 Å². The van der Waals surface area contributed by atoms with E-state index in [9.17, 15) is 18.0 Å². The van der Waals surface area contributed by atoms with Gasteiger partial charge in [-0.1, -0.05) is 0 Å². The van der Waals surface area contributed by atoms with Crippen molar-refractivity contribution >= 4 is 21.8 Å². The molecule has 0 unspecified atom stereocenters. The number of rotatable bonds is 4. The number of benzene rings is 1. The van der Waals surface area contributed by atoms with Gasteiger partial charge in [0.1, 0.15) is 5.75 Å². The Kier molecular flexibility index (Phi) is 5.45. The normalized spacial score (nSPS) is 15.9. The molecule has 1 aliphatic heterocycles. The van der Waals surface area contributed by atoms with Crippen molar-refractivity contribution < 1.29 is 22.7 Å². The highest BCUT2D eigenvalue weighted by Gasteiger charge is 2.29. The van der Waals surface area contributed by atoms with Gasteiger partial charge in [0, 0.05) is 26.1 Å². The Balaban J connectivity index is 2.22. The van der Waals surface area contributed by atoms with Gasteiger partial charge >= 0.3 is 0 Å². The molecule has 0 aliphatic carbocycles. The average Bonchev–Trinajstić information content (AvgIpc) is 2.59. The minimum atomic E-state index is -3.92. The summed E-state index contributed by atoms with van der Waals surface area (Å²) in [7, 11) is -0.927. The molecule has 0 aromatic heterocycles. The number of nitrogens with one attached hydrogen (secondary N) is 1. The van der Waals surface area contributed by atoms with Crippen molar-refractivity contribution in [3.05, 3.63) is 23.8 Å². The lowest BCUT2D eigenvalue weighted by atomic mass is 9.95. The predicted octanol–water partition coefficient (Wildman–Crippen LogP) is -0.0592. The third-order valence-corrected chi connectivity index (χ3v) is 5.04. The molecular formula is C15H21N3O5S. The fourth-order valence-corrected chi connectivity index (χ4v) is 3.29. The Morgan fingerprint density at radius 2 is 1.92 bits per heavy atom. The third-order valence-electron chi connectivity index (χ3n) is 4.13. The van der Waals surface area contributed by atoms with Crippen LogP contribution in [-0.4, -0.2) is 52.4 Å². The van der Waals surface area contributed by atoms with Gasteiger partial charge in [-0.15, -0.1) is 0 Å². The van der Waals surface area contributed by atoms with Crippen LogP contribution in [0.1, 0.15) is 23.2 Å². The van der Waals surface area contributed by atoms with E-state index in [0.717, 1.165) is 0 Å². The number of primary sulfonamides is 1. The third kappa shape index (κ3) is 3.85. The van der Waals surface area contributed by atoms with Crippen molar-refractivity contribution in [1.82, 2.24) is 10.2 Å². The fourth-order valence-electron chi connectivity index (χ4n) is 2.75. The quantitative estimate of drug-likeness (QED) is 0.784. The first-order chi connectivity index (χ1) is 11.3. The van der Waals surface area contributed by atoms with Gasteiger partial charge < -0.3 is 15.0 Å². The highest BCUT2D eigenvalue weighted by molar-refractivity contribution is 7.89. The summed E-state index contributed by atoms with van der Waals surface area (Å²) in [6.07, 6.45) is 1.12. The summed E-state index contributed by atoms with van der Waals surface area (Å²) in [4.78, 5) is 25.8. The number of ether oxygens (including phenoxy) is 1. The summed E-state index contributed by atoms with van der Waals surface area (Å²) in [5.41, 5.74) is 0.141. The lowest BCUT2D eigenvalue weighted by molar-refractivity contribution is -0.125. The highest BCUT2D eigenvalue weighted by Crippen LogP contribution is 2.26. The molecule has 9 heteroatoms. The van der Waals surface area contributed by atoms with Gasteiger partial charge in [0.05, 0.1) is 17.6 Å². The van der Waals surface area contributed by atoms with Crippen LogP contribution in [-0.2, 0) is 14.8 Å². The lowest BCUT2D eigenvalue weighted by Gasteiger charge is -2.31. The van der Waals surface area contributed by atoms with Gasteiger partial charge in [0.2, 0.25) is 15.9 Å². The first-order valence-electron chi connectivity index (χ1n) is 7.49. The van der Waals surface area contributed by atoms with Crippen molar-refractivity contribution in [2.24, 2.45) is 11.1 Å². The van der Waals surface area contributed by atoms with Gasteiger partial charge in [0.15, 0.2) is 0 Å². The molecule has 0 bridgehead atoms. The Morgan fingerprint density at radius 3 is 2.42 bits per heavy atom. The van der Waals surface area contributed by atoms with Gasteiger partial charge in [-0.3, -0.25) is 9.59 Å². The largest absolute Gasteiger partial charge is 0.496 e. The molecule has 8 nitrogen and oxygen atoms in total. The van der Waals surface area contributed by atoms with E-state index in [-0.39, 0.29) is 33.9 Å². The van der Waals surface area contributed by atoms with E-state index < -0.39 is 10.0 Å². The second-order valence-corrected chi connectivity index (χ2v) is 7.15. The zero-order valence-corrected chi connectivity index (χ0v) is 14.4. The monoisotopic (exact) mass is 355 g/mol. The molecule has 1 heterocycles. The van der Waals surface area contributed by atoms with Crippen LogP contribution in [0, 0.1) is 5.92 Å². The summed E-state index contributed by atoms with van der Waals surface area (Å²) in [6, 6.07) is 3.92. The SMILES string of the molecule is CNC(=O)C1CCN(C(=O)c2cc(S(N)(=O)=O)ccc2OC)CC1. The molecular weight excluding hydrogens is 334 g/mol. The van der Waals surface area contributed by atoms with E-state index in [0.29, 0.717) is 25.9 Å². The maximum Gasteiger partial charge on any atom is 0.257 e. The van der Waals surface area contributed by atoms with Gasteiger partial charge in [-0.05, 0) is 31.0 Å². The van der Waals surface area contributed by atoms with E-state index >= 15 is 0 Å². The van der Waals surface area contributed by atoms with Crippen LogP contribution in [0.4, 0.5) is 0 Å². The molecule has 1 saturated heterocycles. The first kappa shape index (κ1) is 18.2. The number of likely N-dealkylation sites (tertiary alicyclic amines) is 1. The van der Waals surface area contributed by atoms with Gasteiger partial charge in [0.25, 0.3) is 5.91 Å². The molecule has 3 N–H and O–H groups in total. The number of hydrogen-bond acceptors (Lipinski definition) is 5. The van der Waals surface area contributed by atoms with E-state index in [2.05, 4.69) is 5.32 Å². The van der Waals surface area contributed by atoms with E-state index in [4.69, 9.17) is 9.88 Å². The average molecular weight is 355 g/mol. The van der Waals surface area contributed by atoms with Crippen LogP contribution < -0.4 is 15.2 Å². The van der Waals surface area contributed by atoms with E-state index in [1.165, 1.54) is 25.3 Å². The molecule has 24 heavy (non-hydrogen) atoms. The molecule has 1 aromatic rings. The first-order valence-corrected chi connectivity index (χ1v) is 9.04. The Labute approximate surface area is 141 Å². The summed E-state index contributed by atoms with van der Waals surface area (Å²) in [6.45, 7) is 0.833. The van der Waals surface area contributed by atoms with Crippen LogP contribution in [0.2, 0.25) is 0 Å². The summed E-state index contributed by atoms with van der Waals surface area (Å²) >= 11 is 0. The van der Waals surface area contributed by atoms with Crippen molar-refractivity contribution in [2.45, 2.75) is 17.7 Å². The van der Waals surface area contributed by atoms with Crippen molar-refractivity contribution in [2.75, 3.05) is 27.2 Å². The lowest BCUT2D eigenvalue weighted by Crippen LogP contribution is -2.42. The van der Waals surface area contributed by atoms with Crippen LogP contribution in [0.3, 0.4) is 0 Å². The number of amides is 2. The highest BCUT2D eigenvalue weighted by atomic mass is 32.2. The van der Waals surface area contributed by atoms with Crippen LogP contribution in [0.5, 0.6) is 5.75 Å². The molecule has 1 aliphatic rings. The second kappa shape index (κ2) is 7.18. The van der Waals surface area contributed by atoms with Crippen LogP contribution in [0.25, 0.3) is 0 Å². The van der Waals surface area contributed by atoms with Crippen LogP contribution >= 0.6 is 0 Å². The van der Waals surface area contributed by atoms with Gasteiger partial charge in [-0.2, -0.15) is 0 Å². The van der Waals surface area contributed by atoms with Crippen molar-refractivity contribution in [3.8, 4) is 5.75 Å². The number of hydrogen-bond donors (Lipinski definition) is 2. The zero-order valence-electron chi connectivity index (χ0n) is 13.6. The molecule has 0 saturated carbocycles. The fraction of sp³-hybridized carbons (Fsp3) is 0.467. The molecule has 2 amide bonds. The number of carbonyl (C=O) groups is 2. The standard InChI is InChI=1S/C15H21N3O5S/c1-17-14(19)10-5-7-18(8-6-10)15(20)12-9-11(24(16,21)22)3-4-13(12)23-2/h3-4,9-10H,5-8H2,1-2H3,(H,17,19)(H2,16,21,22). The maximum atomic E-state index is 12.7. The van der Waals surface area contributed by atoms with Crippen molar-refractivity contribution in [1.29, 1.82) is 0 Å².